The number of amidine groups is 1. The summed E-state index contributed by atoms with van der Waals surface area (Å²) in [5, 5.41) is 0. The van der Waals surface area contributed by atoms with Crippen molar-refractivity contribution in [3.63, 3.8) is 0 Å². The van der Waals surface area contributed by atoms with Crippen molar-refractivity contribution in [2.24, 2.45) is 4.76 Å². The molecule has 3 aliphatic rings. The van der Waals surface area contributed by atoms with Gasteiger partial charge in [-0.25, -0.2) is 14.1 Å². The van der Waals surface area contributed by atoms with Crippen LogP contribution in [-0.2, 0) is 26.0 Å². The molecule has 0 aromatic rings. The minimum Gasteiger partial charge on any atom is -0.379 e. The summed E-state index contributed by atoms with van der Waals surface area (Å²) < 4.78 is 25.1. The van der Waals surface area contributed by atoms with E-state index in [1.165, 1.54) is 0 Å². The molecule has 3 aliphatic heterocycles. The third-order valence-electron chi connectivity index (χ3n) is 4.64. The molecule has 0 radical (unpaired) electrons. The van der Waals surface area contributed by atoms with E-state index < -0.39 is 10.8 Å². The van der Waals surface area contributed by atoms with Gasteiger partial charge in [-0.2, -0.15) is 0 Å². The lowest BCUT2D eigenvalue weighted by Crippen LogP contribution is -2.48. The lowest BCUT2D eigenvalue weighted by Gasteiger charge is -2.44. The molecule has 0 aromatic carbocycles. The van der Waals surface area contributed by atoms with Crippen LogP contribution in [-0.4, -0.2) is 103 Å². The van der Waals surface area contributed by atoms with Crippen molar-refractivity contribution in [2.75, 3.05) is 78.9 Å². The molecule has 0 spiro atoms. The quantitative estimate of drug-likeness (QED) is 0.283. The molecular weight excluding hydrogens is 418 g/mol. The van der Waals surface area contributed by atoms with Crippen LogP contribution in [0, 0.1) is 0 Å². The highest BCUT2D eigenvalue weighted by Gasteiger charge is 2.39. The van der Waals surface area contributed by atoms with E-state index in [9.17, 15) is 0 Å². The number of rotatable bonds is 4. The van der Waals surface area contributed by atoms with E-state index in [4.69, 9.17) is 54.0 Å². The molecular formula is C15H27Cl2N4O3PS. The summed E-state index contributed by atoms with van der Waals surface area (Å²) in [7, 11) is 0. The van der Waals surface area contributed by atoms with Crippen molar-refractivity contribution < 1.29 is 14.2 Å². The predicted octanol–water partition coefficient (Wildman–Crippen LogP) is 1.80. The first kappa shape index (κ1) is 21.2. The standard InChI is InChI=1S/C15H27Cl2N4O3PS/c1-15(16,17)14(19-2-8-22-9-3-19)18-25(26,20-4-10-23-11-5-20)21-6-12-24-13-7-21/h2-13H2,1H3/b18-14-. The highest BCUT2D eigenvalue weighted by molar-refractivity contribution is 8.11. The number of nitrogens with zero attached hydrogens (tertiary/aromatic N) is 4. The SMILES string of the molecule is CC(Cl)(Cl)/C(=N/P(=S)(N1CCOCC1)N1CCOCC1)N1CCOCC1. The zero-order valence-corrected chi connectivity index (χ0v) is 18.3. The Balaban J connectivity index is 1.96. The van der Waals surface area contributed by atoms with Gasteiger partial charge in [0.05, 0.1) is 39.6 Å². The zero-order chi connectivity index (χ0) is 18.6. The normalized spacial score (nSPS) is 25.5. The maximum absolute atomic E-state index is 6.55. The van der Waals surface area contributed by atoms with Crippen molar-refractivity contribution in [1.82, 2.24) is 14.2 Å². The summed E-state index contributed by atoms with van der Waals surface area (Å²) in [5.41, 5.74) is 0. The van der Waals surface area contributed by atoms with Crippen LogP contribution < -0.4 is 0 Å². The second kappa shape index (κ2) is 9.33. The minimum absolute atomic E-state index is 0.640. The van der Waals surface area contributed by atoms with E-state index in [0.717, 1.165) is 39.3 Å². The number of halogens is 2. The van der Waals surface area contributed by atoms with Crippen LogP contribution in [0.3, 0.4) is 0 Å². The highest BCUT2D eigenvalue weighted by atomic mass is 35.5. The van der Waals surface area contributed by atoms with Gasteiger partial charge in [0.2, 0.25) is 0 Å². The number of hydrogen-bond acceptors (Lipinski definition) is 4. The van der Waals surface area contributed by atoms with Gasteiger partial charge in [-0.15, -0.1) is 0 Å². The first-order chi connectivity index (χ1) is 12.4. The van der Waals surface area contributed by atoms with Crippen LogP contribution >= 0.6 is 29.7 Å². The van der Waals surface area contributed by atoms with Gasteiger partial charge in [0, 0.05) is 39.3 Å². The monoisotopic (exact) mass is 444 g/mol. The Kier molecular flexibility index (Phi) is 7.61. The molecule has 11 heteroatoms. The lowest BCUT2D eigenvalue weighted by atomic mass is 10.3. The second-order valence-electron chi connectivity index (χ2n) is 6.56. The predicted molar refractivity (Wildman–Crippen MR) is 109 cm³/mol. The summed E-state index contributed by atoms with van der Waals surface area (Å²) in [6.45, 7) is 7.85. The average molecular weight is 445 g/mol. The molecule has 3 saturated heterocycles. The van der Waals surface area contributed by atoms with E-state index >= 15 is 0 Å². The number of morpholine rings is 3. The Bertz CT molecular complexity index is 523. The van der Waals surface area contributed by atoms with Gasteiger partial charge in [0.1, 0.15) is 5.84 Å². The van der Waals surface area contributed by atoms with E-state index in [-0.39, 0.29) is 0 Å². The van der Waals surface area contributed by atoms with Crippen LogP contribution in [0.15, 0.2) is 4.76 Å². The molecule has 3 fully saturated rings. The van der Waals surface area contributed by atoms with E-state index in [0.29, 0.717) is 45.5 Å². The second-order valence-corrected chi connectivity index (χ2v) is 12.1. The molecule has 0 amide bonds. The van der Waals surface area contributed by atoms with Gasteiger partial charge in [0.25, 0.3) is 0 Å². The third kappa shape index (κ3) is 5.10. The highest BCUT2D eigenvalue weighted by Crippen LogP contribution is 2.56. The van der Waals surface area contributed by atoms with E-state index in [1.54, 1.807) is 6.92 Å². The largest absolute Gasteiger partial charge is 0.379 e. The number of alkyl halides is 2. The zero-order valence-electron chi connectivity index (χ0n) is 15.1. The molecule has 3 rings (SSSR count). The molecule has 0 aromatic heterocycles. The summed E-state index contributed by atoms with van der Waals surface area (Å²) in [6, 6.07) is 0. The van der Waals surface area contributed by atoms with Crippen LogP contribution in [0.2, 0.25) is 0 Å². The Morgan fingerprint density at radius 1 is 0.846 bits per heavy atom. The van der Waals surface area contributed by atoms with Crippen LogP contribution in [0.5, 0.6) is 0 Å². The Hall–Kier alpha value is 0.500. The molecule has 150 valence electrons. The molecule has 26 heavy (non-hydrogen) atoms. The maximum Gasteiger partial charge on any atom is 0.190 e. The fourth-order valence-electron chi connectivity index (χ4n) is 3.26. The van der Waals surface area contributed by atoms with Gasteiger partial charge in [0.15, 0.2) is 10.8 Å². The van der Waals surface area contributed by atoms with Gasteiger partial charge in [-0.05, 0) is 18.7 Å². The Labute approximate surface area is 170 Å². The van der Waals surface area contributed by atoms with Crippen molar-refractivity contribution in [1.29, 1.82) is 0 Å². The summed E-state index contributed by atoms with van der Waals surface area (Å²) >= 11 is 19.4. The molecule has 3 heterocycles. The van der Waals surface area contributed by atoms with Crippen LogP contribution in [0.25, 0.3) is 0 Å². The van der Waals surface area contributed by atoms with Crippen molar-refractivity contribution in [3.05, 3.63) is 0 Å². The summed E-state index contributed by atoms with van der Waals surface area (Å²) in [5.74, 6) is 0.658. The fourth-order valence-corrected chi connectivity index (χ4v) is 7.47. The Morgan fingerprint density at radius 3 is 1.62 bits per heavy atom. The number of hydrogen-bond donors (Lipinski definition) is 0. The van der Waals surface area contributed by atoms with Gasteiger partial charge in [-0.3, -0.25) is 0 Å². The first-order valence-corrected chi connectivity index (χ1v) is 12.4. The van der Waals surface area contributed by atoms with Crippen LogP contribution in [0.1, 0.15) is 6.92 Å². The fraction of sp³-hybridized carbons (Fsp3) is 0.933. The van der Waals surface area contributed by atoms with Gasteiger partial charge in [-0.1, -0.05) is 23.2 Å². The van der Waals surface area contributed by atoms with E-state index in [1.807, 2.05) is 0 Å². The first-order valence-electron chi connectivity index (χ1n) is 8.99. The molecule has 0 atom stereocenters. The van der Waals surface area contributed by atoms with Gasteiger partial charge < -0.3 is 19.1 Å². The molecule has 0 aliphatic carbocycles. The van der Waals surface area contributed by atoms with Crippen molar-refractivity contribution in [3.8, 4) is 0 Å². The molecule has 7 nitrogen and oxygen atoms in total. The van der Waals surface area contributed by atoms with Gasteiger partial charge >= 0.3 is 0 Å². The van der Waals surface area contributed by atoms with Crippen LogP contribution in [0.4, 0.5) is 0 Å². The van der Waals surface area contributed by atoms with E-state index in [2.05, 4.69) is 14.2 Å². The molecule has 0 bridgehead atoms. The van der Waals surface area contributed by atoms with Crippen molar-refractivity contribution in [2.45, 2.75) is 11.3 Å². The molecule has 0 N–H and O–H groups in total. The van der Waals surface area contributed by atoms with Crippen molar-refractivity contribution >= 4 is 47.3 Å². The molecule has 0 unspecified atom stereocenters. The topological polar surface area (TPSA) is 49.8 Å². The minimum atomic E-state index is -2.41. The lowest BCUT2D eigenvalue weighted by molar-refractivity contribution is 0.0575. The summed E-state index contributed by atoms with van der Waals surface area (Å²) in [6.07, 6.45) is 0. The maximum atomic E-state index is 6.55. The smallest absolute Gasteiger partial charge is 0.190 e. The third-order valence-corrected chi connectivity index (χ3v) is 9.33. The molecule has 0 saturated carbocycles. The average Bonchev–Trinajstić information content (AvgIpc) is 2.67. The Morgan fingerprint density at radius 2 is 1.23 bits per heavy atom. The summed E-state index contributed by atoms with van der Waals surface area (Å²) in [4.78, 5) is 2.12. The number of ether oxygens (including phenoxy) is 3.